The van der Waals surface area contributed by atoms with Gasteiger partial charge in [-0.2, -0.15) is 5.26 Å². The van der Waals surface area contributed by atoms with Crippen LogP contribution >= 0.6 is 0 Å². The van der Waals surface area contributed by atoms with Crippen LogP contribution in [0, 0.1) is 11.3 Å². The molecular weight excluding hydrogens is 264 g/mol. The van der Waals surface area contributed by atoms with Gasteiger partial charge in [-0.05, 0) is 19.1 Å². The minimum Gasteiger partial charge on any atom is -0.376 e. The fourth-order valence-corrected chi connectivity index (χ4v) is 2.53. The minimum absolute atomic E-state index is 0.0163. The standard InChI is InChI=1S/C13H16N2O3S/c1-11(2)10-18-8-7-15-19(16,17)13-6-4-3-5-12(13)9-14/h3-6,15H,1,7-8,10H2,2H3. The lowest BCUT2D eigenvalue weighted by Gasteiger charge is -2.08. The summed E-state index contributed by atoms with van der Waals surface area (Å²) in [6, 6.07) is 7.91. The first-order valence-corrected chi connectivity index (χ1v) is 7.16. The van der Waals surface area contributed by atoms with E-state index in [-0.39, 0.29) is 23.6 Å². The largest absolute Gasteiger partial charge is 0.376 e. The van der Waals surface area contributed by atoms with E-state index in [0.29, 0.717) is 6.61 Å². The normalized spacial score (nSPS) is 10.9. The highest BCUT2D eigenvalue weighted by Crippen LogP contribution is 2.13. The maximum Gasteiger partial charge on any atom is 0.241 e. The van der Waals surface area contributed by atoms with Crippen molar-refractivity contribution in [2.24, 2.45) is 0 Å². The van der Waals surface area contributed by atoms with Gasteiger partial charge in [-0.25, -0.2) is 13.1 Å². The Morgan fingerprint density at radius 2 is 2.16 bits per heavy atom. The maximum atomic E-state index is 12.0. The summed E-state index contributed by atoms with van der Waals surface area (Å²) in [5.74, 6) is 0. The molecule has 0 heterocycles. The van der Waals surface area contributed by atoms with Crippen molar-refractivity contribution in [1.82, 2.24) is 4.72 Å². The molecule has 1 N–H and O–H groups in total. The molecule has 6 heteroatoms. The Labute approximate surface area is 113 Å². The Balaban J connectivity index is 2.62. The van der Waals surface area contributed by atoms with Crippen molar-refractivity contribution >= 4 is 10.0 Å². The first-order valence-electron chi connectivity index (χ1n) is 5.68. The highest BCUT2D eigenvalue weighted by Gasteiger charge is 2.17. The number of nitriles is 1. The molecule has 1 rings (SSSR count). The van der Waals surface area contributed by atoms with Crippen molar-refractivity contribution in [3.05, 3.63) is 42.0 Å². The summed E-state index contributed by atoms with van der Waals surface area (Å²) in [5, 5.41) is 8.88. The molecule has 0 saturated heterocycles. The van der Waals surface area contributed by atoms with E-state index >= 15 is 0 Å². The van der Waals surface area contributed by atoms with Gasteiger partial charge in [-0.15, -0.1) is 0 Å². The fraction of sp³-hybridized carbons (Fsp3) is 0.308. The van der Waals surface area contributed by atoms with E-state index in [1.807, 2.05) is 13.0 Å². The second-order valence-electron chi connectivity index (χ2n) is 4.02. The van der Waals surface area contributed by atoms with E-state index in [0.717, 1.165) is 5.57 Å². The van der Waals surface area contributed by atoms with Crippen molar-refractivity contribution < 1.29 is 13.2 Å². The zero-order chi connectivity index (χ0) is 14.3. The van der Waals surface area contributed by atoms with Crippen LogP contribution in [0.15, 0.2) is 41.3 Å². The van der Waals surface area contributed by atoms with Crippen LogP contribution in [0.4, 0.5) is 0 Å². The van der Waals surface area contributed by atoms with E-state index in [9.17, 15) is 8.42 Å². The Morgan fingerprint density at radius 1 is 1.47 bits per heavy atom. The Bertz CT molecular complexity index is 588. The molecular formula is C13H16N2O3S. The number of hydrogen-bond acceptors (Lipinski definition) is 4. The predicted octanol–water partition coefficient (Wildman–Crippen LogP) is 1.43. The number of sulfonamides is 1. The summed E-state index contributed by atoms with van der Waals surface area (Å²) in [4.78, 5) is -0.0163. The monoisotopic (exact) mass is 280 g/mol. The average Bonchev–Trinajstić information content (AvgIpc) is 2.37. The third kappa shape index (κ3) is 4.83. The van der Waals surface area contributed by atoms with Crippen LogP contribution in [-0.4, -0.2) is 28.2 Å². The summed E-state index contributed by atoms with van der Waals surface area (Å²) in [6.45, 7) is 6.30. The SMILES string of the molecule is C=C(C)COCCNS(=O)(=O)c1ccccc1C#N. The van der Waals surface area contributed by atoms with Gasteiger partial charge >= 0.3 is 0 Å². The van der Waals surface area contributed by atoms with Gasteiger partial charge in [0.15, 0.2) is 0 Å². The second-order valence-corrected chi connectivity index (χ2v) is 5.75. The summed E-state index contributed by atoms with van der Waals surface area (Å²) >= 11 is 0. The molecule has 0 aliphatic carbocycles. The average molecular weight is 280 g/mol. The van der Waals surface area contributed by atoms with Gasteiger partial charge in [0.05, 0.1) is 23.7 Å². The molecule has 0 bridgehead atoms. The lowest BCUT2D eigenvalue weighted by Crippen LogP contribution is -2.28. The molecule has 0 unspecified atom stereocenters. The van der Waals surface area contributed by atoms with Gasteiger partial charge in [0.25, 0.3) is 0 Å². The van der Waals surface area contributed by atoms with E-state index < -0.39 is 10.0 Å². The van der Waals surface area contributed by atoms with Gasteiger partial charge in [0.2, 0.25) is 10.0 Å². The maximum absolute atomic E-state index is 12.0. The highest BCUT2D eigenvalue weighted by atomic mass is 32.2. The molecule has 0 aromatic heterocycles. The number of hydrogen-bond donors (Lipinski definition) is 1. The Hall–Kier alpha value is -1.68. The van der Waals surface area contributed by atoms with E-state index in [1.54, 1.807) is 12.1 Å². The van der Waals surface area contributed by atoms with Crippen LogP contribution in [0.2, 0.25) is 0 Å². The van der Waals surface area contributed by atoms with Crippen LogP contribution in [0.25, 0.3) is 0 Å². The number of benzene rings is 1. The molecule has 0 fully saturated rings. The van der Waals surface area contributed by atoms with Gasteiger partial charge in [-0.3, -0.25) is 0 Å². The molecule has 1 aromatic rings. The predicted molar refractivity (Wildman–Crippen MR) is 72.0 cm³/mol. The zero-order valence-electron chi connectivity index (χ0n) is 10.7. The Morgan fingerprint density at radius 3 is 2.79 bits per heavy atom. The van der Waals surface area contributed by atoms with Crippen molar-refractivity contribution in [2.75, 3.05) is 19.8 Å². The van der Waals surface area contributed by atoms with Gasteiger partial charge in [0.1, 0.15) is 6.07 Å². The van der Waals surface area contributed by atoms with Crippen LogP contribution in [0.1, 0.15) is 12.5 Å². The molecule has 19 heavy (non-hydrogen) atoms. The number of nitrogens with zero attached hydrogens (tertiary/aromatic N) is 1. The third-order valence-corrected chi connectivity index (χ3v) is 3.70. The van der Waals surface area contributed by atoms with Crippen LogP contribution in [0.3, 0.4) is 0 Å². The molecule has 5 nitrogen and oxygen atoms in total. The molecule has 1 aromatic carbocycles. The summed E-state index contributed by atoms with van der Waals surface area (Å²) in [6.07, 6.45) is 0. The van der Waals surface area contributed by atoms with Crippen molar-refractivity contribution in [3.8, 4) is 6.07 Å². The lowest BCUT2D eigenvalue weighted by atomic mass is 10.2. The van der Waals surface area contributed by atoms with Crippen molar-refractivity contribution in [3.63, 3.8) is 0 Å². The smallest absolute Gasteiger partial charge is 0.241 e. The quantitative estimate of drug-likeness (QED) is 0.605. The molecule has 0 saturated carbocycles. The first-order chi connectivity index (χ1) is 8.97. The molecule has 0 amide bonds. The van der Waals surface area contributed by atoms with Crippen LogP contribution in [-0.2, 0) is 14.8 Å². The molecule has 0 spiro atoms. The van der Waals surface area contributed by atoms with Gasteiger partial charge in [0, 0.05) is 6.54 Å². The number of rotatable bonds is 7. The summed E-state index contributed by atoms with van der Waals surface area (Å²) in [5.41, 5.74) is 0.996. The van der Waals surface area contributed by atoms with E-state index in [1.165, 1.54) is 12.1 Å². The molecule has 0 radical (unpaired) electrons. The molecule has 0 aliphatic rings. The Kier molecular flexibility index (Phi) is 5.70. The molecule has 0 aliphatic heterocycles. The fourth-order valence-electron chi connectivity index (χ4n) is 1.37. The minimum atomic E-state index is -3.68. The second kappa shape index (κ2) is 7.04. The summed E-state index contributed by atoms with van der Waals surface area (Å²) in [7, 11) is -3.68. The van der Waals surface area contributed by atoms with Gasteiger partial charge < -0.3 is 4.74 Å². The van der Waals surface area contributed by atoms with Gasteiger partial charge in [-0.1, -0.05) is 24.3 Å². The molecule has 0 atom stereocenters. The highest BCUT2D eigenvalue weighted by molar-refractivity contribution is 7.89. The lowest BCUT2D eigenvalue weighted by molar-refractivity contribution is 0.162. The number of ether oxygens (including phenoxy) is 1. The van der Waals surface area contributed by atoms with Crippen molar-refractivity contribution in [1.29, 1.82) is 5.26 Å². The van der Waals surface area contributed by atoms with Crippen LogP contribution in [0.5, 0.6) is 0 Å². The number of nitrogens with one attached hydrogen (secondary N) is 1. The summed E-state index contributed by atoms with van der Waals surface area (Å²) < 4.78 is 31.5. The third-order valence-electron chi connectivity index (χ3n) is 2.18. The molecule has 102 valence electrons. The topological polar surface area (TPSA) is 79.2 Å². The van der Waals surface area contributed by atoms with Crippen LogP contribution < -0.4 is 4.72 Å². The first kappa shape index (κ1) is 15.4. The zero-order valence-corrected chi connectivity index (χ0v) is 11.5. The van der Waals surface area contributed by atoms with Crippen molar-refractivity contribution in [2.45, 2.75) is 11.8 Å². The van der Waals surface area contributed by atoms with E-state index in [4.69, 9.17) is 10.00 Å². The van der Waals surface area contributed by atoms with E-state index in [2.05, 4.69) is 11.3 Å².